The van der Waals surface area contributed by atoms with Crippen LogP contribution in [0.5, 0.6) is 11.5 Å². The predicted octanol–water partition coefficient (Wildman–Crippen LogP) is 3.78. The first kappa shape index (κ1) is 25.5. The van der Waals surface area contributed by atoms with Crippen molar-refractivity contribution in [2.45, 2.75) is 46.1 Å². The number of benzene rings is 2. The zero-order chi connectivity index (χ0) is 23.6. The van der Waals surface area contributed by atoms with Crippen molar-refractivity contribution in [2.24, 2.45) is 0 Å². The Morgan fingerprint density at radius 3 is 2.22 bits per heavy atom. The molecule has 0 aliphatic carbocycles. The van der Waals surface area contributed by atoms with Gasteiger partial charge < -0.3 is 14.8 Å². The van der Waals surface area contributed by atoms with Crippen molar-refractivity contribution in [1.82, 2.24) is 5.32 Å². The number of amides is 1. The van der Waals surface area contributed by atoms with Crippen molar-refractivity contribution in [2.75, 3.05) is 30.3 Å². The molecule has 7 nitrogen and oxygen atoms in total. The molecule has 1 N–H and O–H groups in total. The summed E-state index contributed by atoms with van der Waals surface area (Å²) in [5.74, 6) is 1.31. The summed E-state index contributed by atoms with van der Waals surface area (Å²) in [4.78, 5) is 12.1. The van der Waals surface area contributed by atoms with Gasteiger partial charge in [0, 0.05) is 13.0 Å². The van der Waals surface area contributed by atoms with E-state index in [1.54, 1.807) is 24.3 Å². The van der Waals surface area contributed by atoms with Gasteiger partial charge in [-0.2, -0.15) is 0 Å². The van der Waals surface area contributed by atoms with Crippen molar-refractivity contribution in [3.63, 3.8) is 0 Å². The summed E-state index contributed by atoms with van der Waals surface area (Å²) >= 11 is 0. The Kier molecular flexibility index (Phi) is 9.84. The van der Waals surface area contributed by atoms with Crippen LogP contribution in [0.1, 0.15) is 39.2 Å². The predicted molar refractivity (Wildman–Crippen MR) is 128 cm³/mol. The summed E-state index contributed by atoms with van der Waals surface area (Å²) < 4.78 is 37.0. The molecule has 0 saturated heterocycles. The number of rotatable bonds is 13. The highest BCUT2D eigenvalue weighted by Crippen LogP contribution is 2.22. The molecule has 2 rings (SSSR count). The lowest BCUT2D eigenvalue weighted by Gasteiger charge is -2.22. The molecule has 0 aliphatic rings. The Morgan fingerprint density at radius 2 is 1.66 bits per heavy atom. The zero-order valence-electron chi connectivity index (χ0n) is 19.3. The molecule has 0 bridgehead atoms. The van der Waals surface area contributed by atoms with Gasteiger partial charge in [-0.05, 0) is 68.7 Å². The second-order valence-corrected chi connectivity index (χ2v) is 9.70. The number of nitrogens with zero attached hydrogens (tertiary/aromatic N) is 1. The van der Waals surface area contributed by atoms with Crippen LogP contribution in [-0.2, 0) is 21.2 Å². The molecule has 0 unspecified atom stereocenters. The van der Waals surface area contributed by atoms with Crippen LogP contribution in [0.2, 0.25) is 0 Å². The number of anilines is 1. The third-order valence-electron chi connectivity index (χ3n) is 4.69. The van der Waals surface area contributed by atoms with Crippen LogP contribution >= 0.6 is 0 Å². The van der Waals surface area contributed by atoms with Gasteiger partial charge in [0.25, 0.3) is 0 Å². The highest BCUT2D eigenvalue weighted by Gasteiger charge is 2.17. The van der Waals surface area contributed by atoms with E-state index in [1.165, 1.54) is 9.87 Å². The molecule has 0 radical (unpaired) electrons. The van der Waals surface area contributed by atoms with E-state index in [0.717, 1.165) is 18.4 Å². The van der Waals surface area contributed by atoms with Gasteiger partial charge in [-0.15, -0.1) is 0 Å². The van der Waals surface area contributed by atoms with Crippen molar-refractivity contribution < 1.29 is 22.7 Å². The molecule has 0 atom stereocenters. The van der Waals surface area contributed by atoms with E-state index < -0.39 is 10.0 Å². The van der Waals surface area contributed by atoms with Gasteiger partial charge in [0.1, 0.15) is 18.1 Å². The first-order chi connectivity index (χ1) is 15.2. The topological polar surface area (TPSA) is 84.9 Å². The lowest BCUT2D eigenvalue weighted by Crippen LogP contribution is -2.32. The van der Waals surface area contributed by atoms with E-state index in [9.17, 15) is 13.2 Å². The number of carbonyl (C=O) groups excluding carboxylic acids is 1. The standard InChI is InChI=1S/C24H34N2O5S/c1-5-20-8-12-22(13-9-20)30-18-16-25-24(27)7-6-17-26(32(4,28)29)21-10-14-23(15-11-21)31-19(2)3/h8-15,19H,5-7,16-18H2,1-4H3,(H,25,27). The molecular formula is C24H34N2O5S. The second kappa shape index (κ2) is 12.3. The number of ether oxygens (including phenoxy) is 2. The van der Waals surface area contributed by atoms with Gasteiger partial charge in [0.15, 0.2) is 0 Å². The largest absolute Gasteiger partial charge is 0.492 e. The van der Waals surface area contributed by atoms with Gasteiger partial charge in [-0.1, -0.05) is 19.1 Å². The molecule has 0 saturated carbocycles. The quantitative estimate of drug-likeness (QED) is 0.458. The van der Waals surface area contributed by atoms with Crippen LogP contribution in [0.3, 0.4) is 0 Å². The summed E-state index contributed by atoms with van der Waals surface area (Å²) in [7, 11) is -3.47. The van der Waals surface area contributed by atoms with E-state index in [1.807, 2.05) is 38.1 Å². The number of hydrogen-bond acceptors (Lipinski definition) is 5. The van der Waals surface area contributed by atoms with Crippen LogP contribution in [0, 0.1) is 0 Å². The maximum atomic E-state index is 12.2. The Labute approximate surface area is 191 Å². The fourth-order valence-corrected chi connectivity index (χ4v) is 4.07. The molecule has 2 aromatic carbocycles. The number of aryl methyl sites for hydroxylation is 1. The number of carbonyl (C=O) groups is 1. The monoisotopic (exact) mass is 462 g/mol. The SMILES string of the molecule is CCc1ccc(OCCNC(=O)CCCN(c2ccc(OC(C)C)cc2)S(C)(=O)=O)cc1. The highest BCUT2D eigenvalue weighted by molar-refractivity contribution is 7.92. The number of nitrogens with one attached hydrogen (secondary N) is 1. The summed E-state index contributed by atoms with van der Waals surface area (Å²) in [6, 6.07) is 14.8. The molecular weight excluding hydrogens is 428 g/mol. The molecule has 8 heteroatoms. The number of hydrogen-bond donors (Lipinski definition) is 1. The smallest absolute Gasteiger partial charge is 0.232 e. The van der Waals surface area contributed by atoms with E-state index in [0.29, 0.717) is 31.0 Å². The average Bonchev–Trinajstić information content (AvgIpc) is 2.74. The van der Waals surface area contributed by atoms with Crippen LogP contribution in [0.15, 0.2) is 48.5 Å². The van der Waals surface area contributed by atoms with E-state index in [-0.39, 0.29) is 25.0 Å². The zero-order valence-corrected chi connectivity index (χ0v) is 20.2. The third-order valence-corrected chi connectivity index (χ3v) is 5.88. The molecule has 2 aromatic rings. The maximum Gasteiger partial charge on any atom is 0.232 e. The van der Waals surface area contributed by atoms with Crippen LogP contribution in [-0.4, -0.2) is 46.4 Å². The minimum atomic E-state index is -3.47. The Hall–Kier alpha value is -2.74. The van der Waals surface area contributed by atoms with Gasteiger partial charge in [-0.25, -0.2) is 8.42 Å². The van der Waals surface area contributed by atoms with Crippen molar-refractivity contribution in [1.29, 1.82) is 0 Å². The lowest BCUT2D eigenvalue weighted by atomic mass is 10.2. The van der Waals surface area contributed by atoms with Crippen molar-refractivity contribution in [3.05, 3.63) is 54.1 Å². The molecule has 0 fully saturated rings. The summed E-state index contributed by atoms with van der Waals surface area (Å²) in [6.07, 6.45) is 2.81. The fourth-order valence-electron chi connectivity index (χ4n) is 3.10. The first-order valence-electron chi connectivity index (χ1n) is 10.9. The average molecular weight is 463 g/mol. The normalized spacial score (nSPS) is 11.3. The molecule has 176 valence electrons. The van der Waals surface area contributed by atoms with E-state index in [2.05, 4.69) is 12.2 Å². The van der Waals surface area contributed by atoms with Crippen LogP contribution in [0.4, 0.5) is 5.69 Å². The van der Waals surface area contributed by atoms with E-state index >= 15 is 0 Å². The van der Waals surface area contributed by atoms with Gasteiger partial charge in [0.2, 0.25) is 15.9 Å². The lowest BCUT2D eigenvalue weighted by molar-refractivity contribution is -0.121. The van der Waals surface area contributed by atoms with Crippen molar-refractivity contribution in [3.8, 4) is 11.5 Å². The Balaban J connectivity index is 1.76. The summed E-state index contributed by atoms with van der Waals surface area (Å²) in [5.41, 5.74) is 1.79. The molecule has 0 aromatic heterocycles. The molecule has 0 aliphatic heterocycles. The molecule has 0 spiro atoms. The summed E-state index contributed by atoms with van der Waals surface area (Å²) in [5, 5.41) is 2.80. The molecule has 1 amide bonds. The van der Waals surface area contributed by atoms with Crippen molar-refractivity contribution >= 4 is 21.6 Å². The second-order valence-electron chi connectivity index (χ2n) is 7.80. The first-order valence-corrected chi connectivity index (χ1v) is 12.8. The third kappa shape index (κ3) is 8.78. The van der Waals surface area contributed by atoms with E-state index in [4.69, 9.17) is 9.47 Å². The highest BCUT2D eigenvalue weighted by atomic mass is 32.2. The minimum absolute atomic E-state index is 0.0392. The van der Waals surface area contributed by atoms with Gasteiger partial charge in [0.05, 0.1) is 24.6 Å². The van der Waals surface area contributed by atoms with Gasteiger partial charge in [-0.3, -0.25) is 9.10 Å². The molecule has 0 heterocycles. The van der Waals surface area contributed by atoms with Crippen LogP contribution in [0.25, 0.3) is 0 Å². The molecule has 32 heavy (non-hydrogen) atoms. The van der Waals surface area contributed by atoms with Gasteiger partial charge >= 0.3 is 0 Å². The summed E-state index contributed by atoms with van der Waals surface area (Å²) in [6.45, 7) is 6.93. The maximum absolute atomic E-state index is 12.2. The Bertz CT molecular complexity index is 941. The van der Waals surface area contributed by atoms with Crippen LogP contribution < -0.4 is 19.1 Å². The minimum Gasteiger partial charge on any atom is -0.492 e. The Morgan fingerprint density at radius 1 is 1.03 bits per heavy atom. The number of sulfonamides is 1. The fraction of sp³-hybridized carbons (Fsp3) is 0.458.